The number of ether oxygens (including phenoxy) is 1. The first-order valence-corrected chi connectivity index (χ1v) is 10.9. The fourth-order valence-corrected chi connectivity index (χ4v) is 3.44. The highest BCUT2D eigenvalue weighted by molar-refractivity contribution is 5.93. The van der Waals surface area contributed by atoms with Crippen LogP contribution in [0.4, 0.5) is 15.3 Å². The van der Waals surface area contributed by atoms with Crippen molar-refractivity contribution in [3.05, 3.63) is 30.3 Å². The molecule has 1 fully saturated rings. The minimum absolute atomic E-state index is 0.0411. The zero-order valence-electron chi connectivity index (χ0n) is 19.2. The number of benzene rings is 1. The normalized spacial score (nSPS) is 15.9. The second kappa shape index (κ2) is 11.0. The molecule has 0 bridgehead atoms. The van der Waals surface area contributed by atoms with Crippen LogP contribution in [-0.2, 0) is 9.53 Å². The molecule has 3 N–H and O–H groups in total. The molecule has 0 radical (unpaired) electrons. The van der Waals surface area contributed by atoms with Gasteiger partial charge >= 0.3 is 12.1 Å². The standard InChI is InChI=1S/C23H36N4O4/c1-16(2)19(26-21(29)25-18-9-7-6-8-10-18)20(28)27-13-11-17(12-14-27)15-24-22(30)31-23(3,4)5/h6-10,16-17,19H,11-15H2,1-5H3,(H,24,30)(H2,25,26,29). The van der Waals surface area contributed by atoms with E-state index in [1.165, 1.54) is 0 Å². The predicted octanol–water partition coefficient (Wildman–Crippen LogP) is 3.60. The number of hydrogen-bond donors (Lipinski definition) is 3. The van der Waals surface area contributed by atoms with Crippen LogP contribution in [-0.4, -0.2) is 54.2 Å². The third-order valence-corrected chi connectivity index (χ3v) is 5.11. The lowest BCUT2D eigenvalue weighted by molar-refractivity contribution is -0.135. The van der Waals surface area contributed by atoms with E-state index in [0.29, 0.717) is 31.2 Å². The molecule has 1 heterocycles. The van der Waals surface area contributed by atoms with Crippen molar-refractivity contribution in [2.24, 2.45) is 11.8 Å². The molecule has 1 aromatic rings. The largest absolute Gasteiger partial charge is 0.444 e. The second-order valence-corrected chi connectivity index (χ2v) is 9.34. The molecule has 0 aliphatic carbocycles. The van der Waals surface area contributed by atoms with Crippen molar-refractivity contribution in [3.8, 4) is 0 Å². The summed E-state index contributed by atoms with van der Waals surface area (Å²) in [7, 11) is 0. The Kier molecular flexibility index (Phi) is 8.71. The van der Waals surface area contributed by atoms with Gasteiger partial charge in [-0.2, -0.15) is 0 Å². The molecular weight excluding hydrogens is 396 g/mol. The Morgan fingerprint density at radius 1 is 1.10 bits per heavy atom. The lowest BCUT2D eigenvalue weighted by Crippen LogP contribution is -2.54. The molecule has 172 valence electrons. The van der Waals surface area contributed by atoms with Gasteiger partial charge in [-0.1, -0.05) is 32.0 Å². The van der Waals surface area contributed by atoms with Crippen LogP contribution in [0.2, 0.25) is 0 Å². The fraction of sp³-hybridized carbons (Fsp3) is 0.609. The van der Waals surface area contributed by atoms with Crippen LogP contribution >= 0.6 is 0 Å². The van der Waals surface area contributed by atoms with E-state index in [2.05, 4.69) is 16.0 Å². The van der Waals surface area contributed by atoms with Crippen molar-refractivity contribution in [2.75, 3.05) is 25.0 Å². The van der Waals surface area contributed by atoms with Gasteiger partial charge in [0.25, 0.3) is 0 Å². The Hall–Kier alpha value is -2.77. The number of nitrogens with one attached hydrogen (secondary N) is 3. The summed E-state index contributed by atoms with van der Waals surface area (Å²) in [6, 6.07) is 8.14. The van der Waals surface area contributed by atoms with E-state index >= 15 is 0 Å². The van der Waals surface area contributed by atoms with Crippen molar-refractivity contribution in [2.45, 2.75) is 59.1 Å². The molecule has 1 aliphatic rings. The van der Waals surface area contributed by atoms with Crippen LogP contribution < -0.4 is 16.0 Å². The second-order valence-electron chi connectivity index (χ2n) is 9.34. The van der Waals surface area contributed by atoms with E-state index in [1.807, 2.05) is 52.8 Å². The molecule has 1 aliphatic heterocycles. The van der Waals surface area contributed by atoms with Gasteiger partial charge in [-0.15, -0.1) is 0 Å². The highest BCUT2D eigenvalue weighted by Gasteiger charge is 2.31. The number of anilines is 1. The van der Waals surface area contributed by atoms with Gasteiger partial charge in [0.1, 0.15) is 11.6 Å². The van der Waals surface area contributed by atoms with Gasteiger partial charge in [0.2, 0.25) is 5.91 Å². The summed E-state index contributed by atoms with van der Waals surface area (Å²) < 4.78 is 5.26. The number of rotatable bonds is 6. The lowest BCUT2D eigenvalue weighted by Gasteiger charge is -2.35. The molecule has 0 spiro atoms. The van der Waals surface area contributed by atoms with Crippen molar-refractivity contribution in [1.82, 2.24) is 15.5 Å². The topological polar surface area (TPSA) is 99.8 Å². The molecule has 1 atom stereocenters. The van der Waals surface area contributed by atoms with Crippen molar-refractivity contribution in [3.63, 3.8) is 0 Å². The van der Waals surface area contributed by atoms with Crippen LogP contribution in [0.15, 0.2) is 30.3 Å². The first-order chi connectivity index (χ1) is 14.5. The molecule has 1 unspecified atom stereocenters. The smallest absolute Gasteiger partial charge is 0.407 e. The van der Waals surface area contributed by atoms with Gasteiger partial charge in [-0.05, 0) is 57.6 Å². The minimum Gasteiger partial charge on any atom is -0.444 e. The maximum atomic E-state index is 13.1. The van der Waals surface area contributed by atoms with Gasteiger partial charge in [0, 0.05) is 25.3 Å². The summed E-state index contributed by atoms with van der Waals surface area (Å²) in [5.41, 5.74) is 0.152. The monoisotopic (exact) mass is 432 g/mol. The number of urea groups is 1. The van der Waals surface area contributed by atoms with Crippen LogP contribution in [0.25, 0.3) is 0 Å². The molecule has 0 aromatic heterocycles. The number of likely N-dealkylation sites (tertiary alicyclic amines) is 1. The van der Waals surface area contributed by atoms with E-state index in [1.54, 1.807) is 17.0 Å². The molecule has 0 saturated carbocycles. The number of hydrogen-bond acceptors (Lipinski definition) is 4. The van der Waals surface area contributed by atoms with Gasteiger partial charge in [0.05, 0.1) is 0 Å². The average Bonchev–Trinajstić information content (AvgIpc) is 2.69. The zero-order valence-corrected chi connectivity index (χ0v) is 19.2. The fourth-order valence-electron chi connectivity index (χ4n) is 3.44. The third-order valence-electron chi connectivity index (χ3n) is 5.11. The van der Waals surface area contributed by atoms with Crippen molar-refractivity contribution in [1.29, 1.82) is 0 Å². The highest BCUT2D eigenvalue weighted by atomic mass is 16.6. The maximum absolute atomic E-state index is 13.1. The maximum Gasteiger partial charge on any atom is 0.407 e. The van der Waals surface area contributed by atoms with E-state index in [4.69, 9.17) is 4.74 Å². The molecule has 1 aromatic carbocycles. The molecule has 2 rings (SSSR count). The van der Waals surface area contributed by atoms with Gasteiger partial charge < -0.3 is 25.6 Å². The van der Waals surface area contributed by atoms with Gasteiger partial charge in [0.15, 0.2) is 0 Å². The average molecular weight is 433 g/mol. The van der Waals surface area contributed by atoms with E-state index in [0.717, 1.165) is 12.8 Å². The highest BCUT2D eigenvalue weighted by Crippen LogP contribution is 2.19. The predicted molar refractivity (Wildman–Crippen MR) is 121 cm³/mol. The number of alkyl carbamates (subject to hydrolysis) is 1. The molecule has 8 heteroatoms. The first-order valence-electron chi connectivity index (χ1n) is 10.9. The van der Waals surface area contributed by atoms with Crippen LogP contribution in [0.5, 0.6) is 0 Å². The molecule has 31 heavy (non-hydrogen) atoms. The zero-order chi connectivity index (χ0) is 23.0. The Bertz CT molecular complexity index is 738. The molecule has 4 amide bonds. The summed E-state index contributed by atoms with van der Waals surface area (Å²) >= 11 is 0. The van der Waals surface area contributed by atoms with Crippen LogP contribution in [0, 0.1) is 11.8 Å². The van der Waals surface area contributed by atoms with Gasteiger partial charge in [-0.3, -0.25) is 4.79 Å². The van der Waals surface area contributed by atoms with Crippen LogP contribution in [0.1, 0.15) is 47.5 Å². The summed E-state index contributed by atoms with van der Waals surface area (Å²) in [6.45, 7) is 11.1. The van der Waals surface area contributed by atoms with E-state index in [-0.39, 0.29) is 11.8 Å². The van der Waals surface area contributed by atoms with Crippen LogP contribution in [0.3, 0.4) is 0 Å². The Morgan fingerprint density at radius 2 is 1.71 bits per heavy atom. The van der Waals surface area contributed by atoms with Crippen molar-refractivity contribution >= 4 is 23.7 Å². The number of para-hydroxylation sites is 1. The Balaban J connectivity index is 1.81. The first kappa shape index (κ1) is 24.5. The Morgan fingerprint density at radius 3 is 2.26 bits per heavy atom. The summed E-state index contributed by atoms with van der Waals surface area (Å²) in [5.74, 6) is 0.181. The third kappa shape index (κ3) is 8.47. The number of carbonyl (C=O) groups excluding carboxylic acids is 3. The molecule has 1 saturated heterocycles. The Labute approximate surface area is 185 Å². The molecule has 8 nitrogen and oxygen atoms in total. The SMILES string of the molecule is CC(C)C(NC(=O)Nc1ccccc1)C(=O)N1CCC(CNC(=O)OC(C)(C)C)CC1. The number of nitrogens with zero attached hydrogens (tertiary/aromatic N) is 1. The number of piperidine rings is 1. The number of carbonyl (C=O) groups is 3. The summed E-state index contributed by atoms with van der Waals surface area (Å²) in [4.78, 5) is 39.1. The molecular formula is C23H36N4O4. The summed E-state index contributed by atoms with van der Waals surface area (Å²) in [5, 5.41) is 8.40. The summed E-state index contributed by atoms with van der Waals surface area (Å²) in [6.07, 6.45) is 1.17. The van der Waals surface area contributed by atoms with E-state index in [9.17, 15) is 14.4 Å². The quantitative estimate of drug-likeness (QED) is 0.639. The number of amides is 4. The van der Waals surface area contributed by atoms with E-state index < -0.39 is 23.8 Å². The van der Waals surface area contributed by atoms with Crippen molar-refractivity contribution < 1.29 is 19.1 Å². The lowest BCUT2D eigenvalue weighted by atomic mass is 9.95. The minimum atomic E-state index is -0.597. The van der Waals surface area contributed by atoms with Gasteiger partial charge in [-0.25, -0.2) is 9.59 Å².